The lowest BCUT2D eigenvalue weighted by atomic mass is 9.87. The molecular weight excluding hydrogens is 384 g/mol. The third-order valence-electron chi connectivity index (χ3n) is 4.48. The van der Waals surface area contributed by atoms with Crippen LogP contribution in [0.5, 0.6) is 11.5 Å². The van der Waals surface area contributed by atoms with Crippen molar-refractivity contribution in [3.8, 4) is 11.5 Å². The zero-order valence-corrected chi connectivity index (χ0v) is 17.4. The number of ether oxygens (including phenoxy) is 3. The number of hydrogen-bond acceptors (Lipinski definition) is 6. The van der Waals surface area contributed by atoms with Crippen LogP contribution in [0.3, 0.4) is 0 Å². The van der Waals surface area contributed by atoms with Crippen LogP contribution in [0.2, 0.25) is 0 Å². The summed E-state index contributed by atoms with van der Waals surface area (Å²) in [7, 11) is 1.48. The third kappa shape index (κ3) is 4.86. The van der Waals surface area contributed by atoms with E-state index in [4.69, 9.17) is 19.9 Å². The lowest BCUT2D eigenvalue weighted by molar-refractivity contribution is -0.130. The Morgan fingerprint density at radius 1 is 1.13 bits per heavy atom. The number of primary amides is 1. The molecule has 7 heteroatoms. The number of amides is 1. The van der Waals surface area contributed by atoms with E-state index in [9.17, 15) is 9.59 Å². The topological polar surface area (TPSA) is 100 Å². The Bertz CT molecular complexity index is 1030. The van der Waals surface area contributed by atoms with Gasteiger partial charge in [0.1, 0.15) is 0 Å². The van der Waals surface area contributed by atoms with Gasteiger partial charge in [-0.25, -0.2) is 9.79 Å². The molecule has 7 nitrogen and oxygen atoms in total. The van der Waals surface area contributed by atoms with Crippen LogP contribution in [0.25, 0.3) is 6.08 Å². The Kier molecular flexibility index (Phi) is 5.91. The zero-order chi connectivity index (χ0) is 21.9. The molecule has 0 saturated heterocycles. The fourth-order valence-corrected chi connectivity index (χ4v) is 2.85. The fraction of sp³-hybridized carbons (Fsp3) is 0.261. The molecule has 156 valence electrons. The number of carbonyl (C=O) groups excluding carboxylic acids is 2. The molecule has 0 fully saturated rings. The molecule has 3 rings (SSSR count). The quantitative estimate of drug-likeness (QED) is 0.584. The molecule has 0 saturated carbocycles. The largest absolute Gasteiger partial charge is 0.493 e. The molecular formula is C23H24N2O5. The number of aliphatic imine (C=N–C) groups is 1. The van der Waals surface area contributed by atoms with Crippen LogP contribution < -0.4 is 15.2 Å². The second-order valence-electron chi connectivity index (χ2n) is 7.83. The molecule has 2 aromatic rings. The van der Waals surface area contributed by atoms with Crippen molar-refractivity contribution in [1.82, 2.24) is 0 Å². The monoisotopic (exact) mass is 408 g/mol. The number of esters is 1. The molecule has 1 aliphatic heterocycles. The number of hydrogen-bond donors (Lipinski definition) is 1. The van der Waals surface area contributed by atoms with Gasteiger partial charge in [0.25, 0.3) is 5.91 Å². The van der Waals surface area contributed by atoms with Crippen LogP contribution in [-0.4, -0.2) is 31.5 Å². The van der Waals surface area contributed by atoms with Crippen molar-refractivity contribution in [2.24, 2.45) is 10.7 Å². The minimum absolute atomic E-state index is 0.0319. The first-order valence-corrected chi connectivity index (χ1v) is 9.40. The molecule has 1 amide bonds. The third-order valence-corrected chi connectivity index (χ3v) is 4.48. The van der Waals surface area contributed by atoms with Crippen molar-refractivity contribution >= 4 is 23.9 Å². The average Bonchev–Trinajstić information content (AvgIpc) is 3.06. The normalized spacial score (nSPS) is 15.0. The SMILES string of the molecule is COc1cc(C=C2N=C(c3ccc(C(C)(C)C)cc3)OC2=O)ccc1OCC(N)=O. The summed E-state index contributed by atoms with van der Waals surface area (Å²) in [5.74, 6) is -0.0816. The highest BCUT2D eigenvalue weighted by atomic mass is 16.6. The van der Waals surface area contributed by atoms with Crippen LogP contribution >= 0.6 is 0 Å². The number of carbonyl (C=O) groups is 2. The number of cyclic esters (lactones) is 1. The Balaban J connectivity index is 1.84. The summed E-state index contributed by atoms with van der Waals surface area (Å²) in [4.78, 5) is 27.5. The van der Waals surface area contributed by atoms with Crippen LogP contribution in [0, 0.1) is 0 Å². The summed E-state index contributed by atoms with van der Waals surface area (Å²) < 4.78 is 15.9. The second-order valence-corrected chi connectivity index (χ2v) is 7.83. The van der Waals surface area contributed by atoms with Gasteiger partial charge in [-0.1, -0.05) is 39.0 Å². The minimum atomic E-state index is -0.589. The molecule has 2 aromatic carbocycles. The molecule has 0 bridgehead atoms. The Hall–Kier alpha value is -3.61. The second kappa shape index (κ2) is 8.41. The highest BCUT2D eigenvalue weighted by molar-refractivity contribution is 6.12. The maximum absolute atomic E-state index is 12.3. The van der Waals surface area contributed by atoms with Crippen molar-refractivity contribution in [2.45, 2.75) is 26.2 Å². The molecule has 1 aliphatic rings. The van der Waals surface area contributed by atoms with Crippen molar-refractivity contribution in [3.05, 3.63) is 64.9 Å². The van der Waals surface area contributed by atoms with E-state index < -0.39 is 11.9 Å². The highest BCUT2D eigenvalue weighted by Crippen LogP contribution is 2.30. The molecule has 30 heavy (non-hydrogen) atoms. The van der Waals surface area contributed by atoms with Gasteiger partial charge in [0, 0.05) is 5.56 Å². The first-order valence-electron chi connectivity index (χ1n) is 9.40. The molecule has 0 aromatic heterocycles. The maximum atomic E-state index is 12.3. The van der Waals surface area contributed by atoms with Gasteiger partial charge in [0.2, 0.25) is 5.90 Å². The number of nitrogens with zero attached hydrogens (tertiary/aromatic N) is 1. The Morgan fingerprint density at radius 2 is 1.83 bits per heavy atom. The van der Waals surface area contributed by atoms with Gasteiger partial charge >= 0.3 is 5.97 Å². The van der Waals surface area contributed by atoms with E-state index in [2.05, 4.69) is 25.8 Å². The summed E-state index contributed by atoms with van der Waals surface area (Å²) in [5, 5.41) is 0. The lowest BCUT2D eigenvalue weighted by Crippen LogP contribution is -2.20. The fourth-order valence-electron chi connectivity index (χ4n) is 2.85. The summed E-state index contributed by atoms with van der Waals surface area (Å²) >= 11 is 0. The first-order chi connectivity index (χ1) is 14.2. The van der Waals surface area contributed by atoms with Gasteiger partial charge in [-0.05, 0) is 46.9 Å². The minimum Gasteiger partial charge on any atom is -0.493 e. The maximum Gasteiger partial charge on any atom is 0.363 e. The van der Waals surface area contributed by atoms with Crippen LogP contribution in [0.15, 0.2) is 53.2 Å². The molecule has 0 spiro atoms. The number of benzene rings is 2. The van der Waals surface area contributed by atoms with Crippen LogP contribution in [0.1, 0.15) is 37.5 Å². The van der Waals surface area contributed by atoms with E-state index in [1.54, 1.807) is 24.3 Å². The van der Waals surface area contributed by atoms with E-state index in [0.717, 1.165) is 5.56 Å². The van der Waals surface area contributed by atoms with Gasteiger partial charge < -0.3 is 19.9 Å². The number of rotatable bonds is 6. The van der Waals surface area contributed by atoms with Gasteiger partial charge in [-0.15, -0.1) is 0 Å². The zero-order valence-electron chi connectivity index (χ0n) is 17.4. The summed E-state index contributed by atoms with van der Waals surface area (Å²) in [6, 6.07) is 12.8. The van der Waals surface area contributed by atoms with Gasteiger partial charge in [-0.2, -0.15) is 0 Å². The molecule has 1 heterocycles. The Morgan fingerprint density at radius 3 is 2.43 bits per heavy atom. The average molecular weight is 408 g/mol. The van der Waals surface area contributed by atoms with Gasteiger partial charge in [0.15, 0.2) is 23.8 Å². The first kappa shape index (κ1) is 21.1. The van der Waals surface area contributed by atoms with E-state index >= 15 is 0 Å². The van der Waals surface area contributed by atoms with Crippen molar-refractivity contribution in [2.75, 3.05) is 13.7 Å². The molecule has 0 atom stereocenters. The van der Waals surface area contributed by atoms with E-state index in [0.29, 0.717) is 17.1 Å². The summed E-state index contributed by atoms with van der Waals surface area (Å²) in [6.45, 7) is 6.14. The highest BCUT2D eigenvalue weighted by Gasteiger charge is 2.25. The van der Waals surface area contributed by atoms with E-state index in [1.165, 1.54) is 12.7 Å². The predicted molar refractivity (Wildman–Crippen MR) is 113 cm³/mol. The number of methoxy groups -OCH3 is 1. The van der Waals surface area contributed by atoms with Gasteiger partial charge in [0.05, 0.1) is 7.11 Å². The van der Waals surface area contributed by atoms with Gasteiger partial charge in [-0.3, -0.25) is 4.79 Å². The summed E-state index contributed by atoms with van der Waals surface area (Å²) in [6.07, 6.45) is 1.60. The van der Waals surface area contributed by atoms with Crippen molar-refractivity contribution in [1.29, 1.82) is 0 Å². The lowest BCUT2D eigenvalue weighted by Gasteiger charge is -2.18. The van der Waals surface area contributed by atoms with Crippen molar-refractivity contribution < 1.29 is 23.8 Å². The Labute approximate surface area is 175 Å². The van der Waals surface area contributed by atoms with Crippen LogP contribution in [0.4, 0.5) is 0 Å². The smallest absolute Gasteiger partial charge is 0.363 e. The van der Waals surface area contributed by atoms with Crippen LogP contribution in [-0.2, 0) is 19.7 Å². The van der Waals surface area contributed by atoms with E-state index in [-0.39, 0.29) is 23.6 Å². The molecule has 0 radical (unpaired) electrons. The molecule has 0 aliphatic carbocycles. The number of nitrogens with two attached hydrogens (primary N) is 1. The van der Waals surface area contributed by atoms with E-state index in [1.807, 2.05) is 24.3 Å². The summed E-state index contributed by atoms with van der Waals surface area (Å²) in [5.41, 5.74) is 7.88. The molecule has 2 N–H and O–H groups in total. The van der Waals surface area contributed by atoms with Crippen molar-refractivity contribution in [3.63, 3.8) is 0 Å². The molecule has 0 unspecified atom stereocenters. The standard InChI is InChI=1S/C23H24N2O5/c1-23(2,3)16-8-6-15(7-9-16)21-25-17(22(27)30-21)11-14-5-10-18(19(12-14)28-4)29-13-20(24)26/h5-12H,13H2,1-4H3,(H2,24,26). The predicted octanol–water partition coefficient (Wildman–Crippen LogP) is 3.20.